The standard InChI is InChI=1S/C25H22O12/c1-11(26)32-17-9-20(35-14(4)29)22-21(10-17)37-24(25(23(22)31)36-15(5)30)16-6-7-18(33-12(2)27)19(8-16)34-13(3)28/h6-10,24-25H,1-5H3/t24-,25-/m0/s1. The van der Waals surface area contributed by atoms with E-state index in [1.165, 1.54) is 24.3 Å². The van der Waals surface area contributed by atoms with Crippen LogP contribution in [0.5, 0.6) is 28.7 Å². The fraction of sp³-hybridized carbons (Fsp3) is 0.280. The van der Waals surface area contributed by atoms with Crippen molar-refractivity contribution in [1.82, 2.24) is 0 Å². The quantitative estimate of drug-likeness (QED) is 0.410. The molecule has 0 aromatic heterocycles. The van der Waals surface area contributed by atoms with Crippen LogP contribution in [0.2, 0.25) is 0 Å². The molecule has 0 amide bonds. The number of carbonyl (C=O) groups excluding carboxylic acids is 6. The highest BCUT2D eigenvalue weighted by molar-refractivity contribution is 6.07. The number of esters is 5. The Labute approximate surface area is 210 Å². The number of ketones is 1. The number of carbonyl (C=O) groups is 6. The summed E-state index contributed by atoms with van der Waals surface area (Å²) < 4.78 is 31.7. The monoisotopic (exact) mass is 514 g/mol. The van der Waals surface area contributed by atoms with E-state index >= 15 is 0 Å². The van der Waals surface area contributed by atoms with Gasteiger partial charge in [-0.3, -0.25) is 28.8 Å². The van der Waals surface area contributed by atoms with Gasteiger partial charge < -0.3 is 28.4 Å². The Balaban J connectivity index is 2.18. The van der Waals surface area contributed by atoms with Gasteiger partial charge in [0.1, 0.15) is 22.8 Å². The summed E-state index contributed by atoms with van der Waals surface area (Å²) in [5.74, 6) is -5.14. The van der Waals surface area contributed by atoms with Crippen LogP contribution >= 0.6 is 0 Å². The molecule has 2 aromatic carbocycles. The van der Waals surface area contributed by atoms with Crippen LogP contribution in [-0.4, -0.2) is 41.7 Å². The Hall–Kier alpha value is -4.74. The van der Waals surface area contributed by atoms with Crippen LogP contribution in [0.1, 0.15) is 56.6 Å². The summed E-state index contributed by atoms with van der Waals surface area (Å²) in [6.45, 7) is 5.63. The average Bonchev–Trinajstić information content (AvgIpc) is 2.74. The van der Waals surface area contributed by atoms with Gasteiger partial charge in [-0.1, -0.05) is 6.07 Å². The van der Waals surface area contributed by atoms with E-state index in [9.17, 15) is 28.8 Å². The lowest BCUT2D eigenvalue weighted by molar-refractivity contribution is -0.149. The van der Waals surface area contributed by atoms with Crippen molar-refractivity contribution in [3.05, 3.63) is 41.5 Å². The van der Waals surface area contributed by atoms with Crippen LogP contribution in [0.3, 0.4) is 0 Å². The van der Waals surface area contributed by atoms with Crippen molar-refractivity contribution in [2.24, 2.45) is 0 Å². The molecule has 12 heteroatoms. The second-order valence-corrected chi connectivity index (χ2v) is 7.81. The molecule has 0 saturated carbocycles. The lowest BCUT2D eigenvalue weighted by atomic mass is 9.92. The Kier molecular flexibility index (Phi) is 7.91. The number of benzene rings is 2. The van der Waals surface area contributed by atoms with Crippen LogP contribution in [-0.2, 0) is 28.7 Å². The molecule has 0 radical (unpaired) electrons. The van der Waals surface area contributed by atoms with Gasteiger partial charge in [0.25, 0.3) is 0 Å². The maximum atomic E-state index is 13.5. The lowest BCUT2D eigenvalue weighted by Gasteiger charge is -2.33. The van der Waals surface area contributed by atoms with Gasteiger partial charge >= 0.3 is 29.8 Å². The summed E-state index contributed by atoms with van der Waals surface area (Å²) in [4.78, 5) is 71.6. The normalized spacial score (nSPS) is 16.0. The average molecular weight is 514 g/mol. The Morgan fingerprint density at radius 1 is 0.676 bits per heavy atom. The number of ether oxygens (including phenoxy) is 6. The second-order valence-electron chi connectivity index (χ2n) is 7.81. The third-order valence-electron chi connectivity index (χ3n) is 4.69. The summed E-state index contributed by atoms with van der Waals surface area (Å²) in [6.07, 6.45) is -2.84. The van der Waals surface area contributed by atoms with Crippen molar-refractivity contribution in [1.29, 1.82) is 0 Å². The molecular weight excluding hydrogens is 492 g/mol. The van der Waals surface area contributed by atoms with Crippen LogP contribution in [0.25, 0.3) is 0 Å². The zero-order valence-electron chi connectivity index (χ0n) is 20.4. The van der Waals surface area contributed by atoms with E-state index in [4.69, 9.17) is 28.4 Å². The molecule has 0 aliphatic carbocycles. The summed E-state index contributed by atoms with van der Waals surface area (Å²) >= 11 is 0. The Morgan fingerprint density at radius 3 is 1.81 bits per heavy atom. The number of hydrogen-bond acceptors (Lipinski definition) is 12. The molecule has 1 aliphatic heterocycles. The molecule has 12 nitrogen and oxygen atoms in total. The first-order chi connectivity index (χ1) is 17.3. The van der Waals surface area contributed by atoms with Crippen molar-refractivity contribution < 1.29 is 57.2 Å². The molecule has 0 fully saturated rings. The highest BCUT2D eigenvalue weighted by Gasteiger charge is 2.43. The van der Waals surface area contributed by atoms with Crippen LogP contribution in [0.15, 0.2) is 30.3 Å². The van der Waals surface area contributed by atoms with E-state index in [1.54, 1.807) is 0 Å². The molecule has 2 atom stereocenters. The molecular formula is C25H22O12. The van der Waals surface area contributed by atoms with Gasteiger partial charge in [-0.05, 0) is 12.1 Å². The van der Waals surface area contributed by atoms with Gasteiger partial charge in [-0.25, -0.2) is 0 Å². The molecule has 37 heavy (non-hydrogen) atoms. The largest absolute Gasteiger partial charge is 0.480 e. The molecule has 3 rings (SSSR count). The summed E-state index contributed by atoms with van der Waals surface area (Å²) in [6, 6.07) is 6.39. The van der Waals surface area contributed by atoms with E-state index in [-0.39, 0.29) is 39.9 Å². The summed E-state index contributed by atoms with van der Waals surface area (Å²) in [5, 5.41) is 0. The van der Waals surface area contributed by atoms with E-state index in [1.807, 2.05) is 0 Å². The molecule has 0 saturated heterocycles. The zero-order valence-corrected chi connectivity index (χ0v) is 20.4. The molecule has 0 unspecified atom stereocenters. The Morgan fingerprint density at radius 2 is 1.24 bits per heavy atom. The van der Waals surface area contributed by atoms with Gasteiger partial charge in [0.05, 0.1) is 0 Å². The maximum Gasteiger partial charge on any atom is 0.308 e. The van der Waals surface area contributed by atoms with E-state index < -0.39 is 47.8 Å². The molecule has 1 aliphatic rings. The topological polar surface area (TPSA) is 158 Å². The lowest BCUT2D eigenvalue weighted by Crippen LogP contribution is -2.40. The molecule has 0 spiro atoms. The van der Waals surface area contributed by atoms with Crippen molar-refractivity contribution in [2.45, 2.75) is 46.8 Å². The number of fused-ring (bicyclic) bond motifs is 1. The van der Waals surface area contributed by atoms with Crippen molar-refractivity contribution in [3.63, 3.8) is 0 Å². The van der Waals surface area contributed by atoms with Crippen LogP contribution in [0.4, 0.5) is 0 Å². The van der Waals surface area contributed by atoms with Gasteiger partial charge in [-0.15, -0.1) is 0 Å². The summed E-state index contributed by atoms with van der Waals surface area (Å²) in [5.41, 5.74) is -0.0188. The zero-order chi connectivity index (χ0) is 27.4. The molecule has 1 heterocycles. The third-order valence-corrected chi connectivity index (χ3v) is 4.69. The van der Waals surface area contributed by atoms with Crippen molar-refractivity contribution in [2.75, 3.05) is 0 Å². The fourth-order valence-corrected chi connectivity index (χ4v) is 3.55. The van der Waals surface area contributed by atoms with Gasteiger partial charge in [0.2, 0.25) is 11.9 Å². The van der Waals surface area contributed by atoms with Crippen LogP contribution < -0.4 is 23.7 Å². The summed E-state index contributed by atoms with van der Waals surface area (Å²) in [7, 11) is 0. The van der Waals surface area contributed by atoms with E-state index in [0.29, 0.717) is 0 Å². The first-order valence-electron chi connectivity index (χ1n) is 10.8. The number of Topliss-reactive ketones (excluding diaryl/α,β-unsaturated/α-hetero) is 1. The van der Waals surface area contributed by atoms with Crippen molar-refractivity contribution >= 4 is 35.6 Å². The second kappa shape index (κ2) is 10.9. The Bertz CT molecular complexity index is 1310. The predicted octanol–water partition coefficient (Wildman–Crippen LogP) is 2.64. The molecule has 194 valence electrons. The number of hydrogen-bond donors (Lipinski definition) is 0. The minimum atomic E-state index is -1.55. The smallest absolute Gasteiger partial charge is 0.308 e. The minimum Gasteiger partial charge on any atom is -0.480 e. The van der Waals surface area contributed by atoms with Crippen molar-refractivity contribution in [3.8, 4) is 28.7 Å². The number of rotatable bonds is 6. The van der Waals surface area contributed by atoms with Gasteiger partial charge in [-0.2, -0.15) is 0 Å². The maximum absolute atomic E-state index is 13.5. The SMILES string of the molecule is CC(=O)Oc1cc(OC(C)=O)c2c(c1)O[C@@H](c1ccc(OC(C)=O)c(OC(C)=O)c1)[C@@H](OC(C)=O)C2=O. The van der Waals surface area contributed by atoms with E-state index in [2.05, 4.69) is 0 Å². The first-order valence-corrected chi connectivity index (χ1v) is 10.8. The molecule has 2 aromatic rings. The van der Waals surface area contributed by atoms with Crippen LogP contribution in [0, 0.1) is 0 Å². The minimum absolute atomic E-state index is 0.0766. The van der Waals surface area contributed by atoms with E-state index in [0.717, 1.165) is 40.7 Å². The predicted molar refractivity (Wildman–Crippen MR) is 121 cm³/mol. The molecule has 0 bridgehead atoms. The highest BCUT2D eigenvalue weighted by Crippen LogP contribution is 2.45. The van der Waals surface area contributed by atoms with Gasteiger partial charge in [0.15, 0.2) is 17.6 Å². The van der Waals surface area contributed by atoms with Gasteiger partial charge in [0, 0.05) is 52.3 Å². The molecule has 0 N–H and O–H groups in total. The first kappa shape index (κ1) is 26.9. The third kappa shape index (κ3) is 6.48. The fourth-order valence-electron chi connectivity index (χ4n) is 3.55. The highest BCUT2D eigenvalue weighted by atomic mass is 16.6.